The van der Waals surface area contributed by atoms with Crippen LogP contribution in [0.25, 0.3) is 0 Å². The van der Waals surface area contributed by atoms with Crippen LogP contribution >= 0.6 is 23.2 Å². The minimum Gasteiger partial charge on any atom is -0.494 e. The minimum absolute atomic E-state index is 0.0101. The predicted octanol–water partition coefficient (Wildman–Crippen LogP) is 5.53. The molecular formula is C29H33Cl2N3O5S. The number of benzene rings is 3. The van der Waals surface area contributed by atoms with Gasteiger partial charge in [-0.05, 0) is 68.8 Å². The average molecular weight is 607 g/mol. The van der Waals surface area contributed by atoms with E-state index in [1.54, 1.807) is 74.5 Å². The molecule has 1 N–H and O–H groups in total. The van der Waals surface area contributed by atoms with Gasteiger partial charge in [0.2, 0.25) is 11.8 Å². The van der Waals surface area contributed by atoms with Gasteiger partial charge in [0.25, 0.3) is 10.0 Å². The molecule has 0 heterocycles. The average Bonchev–Trinajstić information content (AvgIpc) is 2.94. The maximum absolute atomic E-state index is 14.0. The lowest BCUT2D eigenvalue weighted by atomic mass is 10.1. The highest BCUT2D eigenvalue weighted by Crippen LogP contribution is 2.29. The first-order valence-electron chi connectivity index (χ1n) is 12.9. The highest BCUT2D eigenvalue weighted by molar-refractivity contribution is 7.92. The summed E-state index contributed by atoms with van der Waals surface area (Å²) in [6.07, 6.45) is 0.288. The summed E-state index contributed by atoms with van der Waals surface area (Å²) < 4.78 is 34.3. The Kier molecular flexibility index (Phi) is 11.2. The number of hydrogen-bond acceptors (Lipinski definition) is 5. The second kappa shape index (κ2) is 14.4. The van der Waals surface area contributed by atoms with Crippen molar-refractivity contribution in [2.45, 2.75) is 44.7 Å². The van der Waals surface area contributed by atoms with Gasteiger partial charge in [0.05, 0.1) is 17.2 Å². The van der Waals surface area contributed by atoms with Crippen molar-refractivity contribution in [3.8, 4) is 5.75 Å². The van der Waals surface area contributed by atoms with Crippen LogP contribution in [0.5, 0.6) is 5.75 Å². The molecule has 0 saturated carbocycles. The Bertz CT molecular complexity index is 1380. The summed E-state index contributed by atoms with van der Waals surface area (Å²) >= 11 is 12.8. The van der Waals surface area contributed by atoms with Crippen LogP contribution in [0.15, 0.2) is 77.7 Å². The molecule has 3 aromatic rings. The van der Waals surface area contributed by atoms with Gasteiger partial charge < -0.3 is 15.0 Å². The highest BCUT2D eigenvalue weighted by Gasteiger charge is 2.34. The number of anilines is 1. The Labute approximate surface area is 245 Å². The standard InChI is InChI=1S/C29H33Cl2N3O5S/c1-4-27(29(36)32-5-2)33(19-24-25(30)13-10-14-26(24)31)28(35)20-34(21-11-8-7-9-12-21)40(37,38)23-17-15-22(16-18-23)39-6-3/h7-18,27H,4-6,19-20H2,1-3H3,(H,32,36). The molecule has 11 heteroatoms. The summed E-state index contributed by atoms with van der Waals surface area (Å²) in [5.74, 6) is -0.422. The van der Waals surface area contributed by atoms with Gasteiger partial charge in [-0.3, -0.25) is 13.9 Å². The fraction of sp³-hybridized carbons (Fsp3) is 0.310. The van der Waals surface area contributed by atoms with E-state index in [0.29, 0.717) is 40.2 Å². The number of rotatable bonds is 13. The molecule has 0 radical (unpaired) electrons. The van der Waals surface area contributed by atoms with Gasteiger partial charge in [-0.2, -0.15) is 0 Å². The van der Waals surface area contributed by atoms with Crippen LogP contribution in [-0.4, -0.2) is 50.9 Å². The molecule has 0 bridgehead atoms. The van der Waals surface area contributed by atoms with Gasteiger partial charge in [-0.15, -0.1) is 0 Å². The number of ether oxygens (including phenoxy) is 1. The van der Waals surface area contributed by atoms with Crippen LogP contribution in [0.3, 0.4) is 0 Å². The fourth-order valence-corrected chi connectivity index (χ4v) is 6.12. The second-order valence-corrected chi connectivity index (χ2v) is 11.5. The molecule has 0 saturated heterocycles. The lowest BCUT2D eigenvalue weighted by Crippen LogP contribution is -2.52. The smallest absolute Gasteiger partial charge is 0.264 e. The Morgan fingerprint density at radius 3 is 2.08 bits per heavy atom. The monoisotopic (exact) mass is 605 g/mol. The number of para-hydroxylation sites is 1. The van der Waals surface area contributed by atoms with E-state index < -0.39 is 28.5 Å². The molecule has 0 aliphatic rings. The molecular weight excluding hydrogens is 573 g/mol. The largest absolute Gasteiger partial charge is 0.494 e. The third kappa shape index (κ3) is 7.47. The van der Waals surface area contributed by atoms with Crippen molar-refractivity contribution in [2.24, 2.45) is 0 Å². The molecule has 0 aromatic heterocycles. The first kappa shape index (κ1) is 31.3. The molecule has 8 nitrogen and oxygen atoms in total. The summed E-state index contributed by atoms with van der Waals surface area (Å²) in [5, 5.41) is 3.42. The van der Waals surface area contributed by atoms with Gasteiger partial charge in [-0.1, -0.05) is 54.4 Å². The zero-order valence-corrected chi connectivity index (χ0v) is 25.0. The van der Waals surface area contributed by atoms with E-state index in [4.69, 9.17) is 27.9 Å². The summed E-state index contributed by atoms with van der Waals surface area (Å²) in [6, 6.07) is 18.4. The molecule has 214 valence electrons. The molecule has 2 amide bonds. The predicted molar refractivity (Wildman–Crippen MR) is 158 cm³/mol. The van der Waals surface area contributed by atoms with Gasteiger partial charge >= 0.3 is 0 Å². The van der Waals surface area contributed by atoms with Crippen molar-refractivity contribution >= 4 is 50.7 Å². The van der Waals surface area contributed by atoms with Crippen LogP contribution in [0, 0.1) is 0 Å². The topological polar surface area (TPSA) is 96.0 Å². The Morgan fingerprint density at radius 1 is 0.900 bits per heavy atom. The summed E-state index contributed by atoms with van der Waals surface area (Å²) in [4.78, 5) is 28.4. The zero-order valence-electron chi connectivity index (χ0n) is 22.6. The zero-order chi connectivity index (χ0) is 29.3. The van der Waals surface area contributed by atoms with Crippen molar-refractivity contribution in [1.82, 2.24) is 10.2 Å². The molecule has 3 aromatic carbocycles. The van der Waals surface area contributed by atoms with E-state index in [1.165, 1.54) is 17.0 Å². The van der Waals surface area contributed by atoms with Crippen molar-refractivity contribution in [3.63, 3.8) is 0 Å². The fourth-order valence-electron chi connectivity index (χ4n) is 4.19. The second-order valence-electron chi connectivity index (χ2n) is 8.79. The van der Waals surface area contributed by atoms with E-state index in [9.17, 15) is 18.0 Å². The van der Waals surface area contributed by atoms with Crippen molar-refractivity contribution in [1.29, 1.82) is 0 Å². The molecule has 40 heavy (non-hydrogen) atoms. The van der Waals surface area contributed by atoms with Crippen LogP contribution in [0.2, 0.25) is 10.0 Å². The van der Waals surface area contributed by atoms with Crippen LogP contribution in [0.1, 0.15) is 32.8 Å². The number of hydrogen-bond donors (Lipinski definition) is 1. The molecule has 0 spiro atoms. The van der Waals surface area contributed by atoms with E-state index in [1.807, 2.05) is 6.92 Å². The van der Waals surface area contributed by atoms with E-state index in [0.717, 1.165) is 4.31 Å². The lowest BCUT2D eigenvalue weighted by Gasteiger charge is -2.33. The van der Waals surface area contributed by atoms with Gasteiger partial charge in [0.1, 0.15) is 18.3 Å². The highest BCUT2D eigenvalue weighted by atomic mass is 35.5. The van der Waals surface area contributed by atoms with E-state index in [2.05, 4.69) is 5.32 Å². The number of nitrogens with one attached hydrogen (secondary N) is 1. The van der Waals surface area contributed by atoms with Crippen molar-refractivity contribution in [3.05, 3.63) is 88.4 Å². The van der Waals surface area contributed by atoms with E-state index in [-0.39, 0.29) is 23.8 Å². The molecule has 3 rings (SSSR count). The van der Waals surface area contributed by atoms with Crippen LogP contribution in [-0.2, 0) is 26.2 Å². The molecule has 1 unspecified atom stereocenters. The molecule has 0 fully saturated rings. The third-order valence-electron chi connectivity index (χ3n) is 6.17. The van der Waals surface area contributed by atoms with Gasteiger partial charge in [0.15, 0.2) is 0 Å². The maximum Gasteiger partial charge on any atom is 0.264 e. The van der Waals surface area contributed by atoms with Gasteiger partial charge in [0, 0.05) is 28.7 Å². The first-order chi connectivity index (χ1) is 19.1. The summed E-state index contributed by atoms with van der Waals surface area (Å²) in [7, 11) is -4.19. The van der Waals surface area contributed by atoms with Crippen molar-refractivity contribution < 1.29 is 22.7 Å². The molecule has 0 aliphatic heterocycles. The summed E-state index contributed by atoms with van der Waals surface area (Å²) in [6.45, 7) is 5.55. The maximum atomic E-state index is 14.0. The Balaban J connectivity index is 2.06. The number of likely N-dealkylation sites (N-methyl/N-ethyl adjacent to an activating group) is 1. The van der Waals surface area contributed by atoms with E-state index >= 15 is 0 Å². The normalized spacial score (nSPS) is 11.9. The summed E-state index contributed by atoms with van der Waals surface area (Å²) in [5.41, 5.74) is 0.758. The minimum atomic E-state index is -4.19. The number of carbonyl (C=O) groups excluding carboxylic acids is 2. The number of halogens is 2. The third-order valence-corrected chi connectivity index (χ3v) is 8.67. The first-order valence-corrected chi connectivity index (χ1v) is 15.1. The molecule has 0 aliphatic carbocycles. The quantitative estimate of drug-likeness (QED) is 0.276. The number of nitrogens with zero attached hydrogens (tertiary/aromatic N) is 2. The van der Waals surface area contributed by atoms with Gasteiger partial charge in [-0.25, -0.2) is 8.42 Å². The lowest BCUT2D eigenvalue weighted by molar-refractivity contribution is -0.140. The van der Waals surface area contributed by atoms with Crippen molar-refractivity contribution in [2.75, 3.05) is 24.0 Å². The Hall–Kier alpha value is -3.27. The number of sulfonamides is 1. The SMILES string of the molecule is CCNC(=O)C(CC)N(Cc1c(Cl)cccc1Cl)C(=O)CN(c1ccccc1)S(=O)(=O)c1ccc(OCC)cc1. The number of amides is 2. The molecule has 1 atom stereocenters. The van der Waals surface area contributed by atoms with Crippen LogP contribution < -0.4 is 14.4 Å². The Morgan fingerprint density at radius 2 is 1.52 bits per heavy atom. The number of carbonyl (C=O) groups is 2. The van der Waals surface area contributed by atoms with Crippen LogP contribution in [0.4, 0.5) is 5.69 Å².